The van der Waals surface area contributed by atoms with Crippen LogP contribution in [-0.4, -0.2) is 89.1 Å². The van der Waals surface area contributed by atoms with E-state index in [9.17, 15) is 13.2 Å². The third-order valence-corrected chi connectivity index (χ3v) is 8.26. The van der Waals surface area contributed by atoms with Crippen LogP contribution in [0.4, 0.5) is 11.5 Å². The number of hydrogen-bond acceptors (Lipinski definition) is 8. The Balaban J connectivity index is 1.18. The highest BCUT2D eigenvalue weighted by Crippen LogP contribution is 2.24. The monoisotopic (exact) mass is 484 g/mol. The Labute approximate surface area is 198 Å². The predicted octanol–water partition coefficient (Wildman–Crippen LogP) is 0.909. The number of rotatable bonds is 6. The molecule has 0 spiro atoms. The topological polar surface area (TPSA) is 117 Å². The summed E-state index contributed by atoms with van der Waals surface area (Å²) in [5, 5.41) is 8.04. The number of fused-ring (bicyclic) bond motifs is 1. The summed E-state index contributed by atoms with van der Waals surface area (Å²) in [5.41, 5.74) is 1.28. The minimum absolute atomic E-state index is 0.166. The van der Waals surface area contributed by atoms with E-state index in [-0.39, 0.29) is 17.3 Å². The number of amides is 1. The fourth-order valence-corrected chi connectivity index (χ4v) is 6.10. The van der Waals surface area contributed by atoms with E-state index in [0.29, 0.717) is 31.9 Å². The molecule has 5 rings (SSSR count). The number of carbonyl (C=O) groups excluding carboxylic acids is 1. The number of hydrogen-bond donors (Lipinski definition) is 1. The van der Waals surface area contributed by atoms with Crippen LogP contribution in [-0.2, 0) is 21.9 Å². The Morgan fingerprint density at radius 2 is 1.82 bits per heavy atom. The lowest BCUT2D eigenvalue weighted by Crippen LogP contribution is -2.49. The van der Waals surface area contributed by atoms with Crippen LogP contribution < -0.4 is 10.2 Å². The van der Waals surface area contributed by atoms with Crippen molar-refractivity contribution in [1.29, 1.82) is 0 Å². The van der Waals surface area contributed by atoms with Crippen molar-refractivity contribution in [2.75, 3.05) is 56.0 Å². The molecule has 0 atom stereocenters. The Bertz CT molecular complexity index is 1290. The molecule has 11 nitrogen and oxygen atoms in total. The summed E-state index contributed by atoms with van der Waals surface area (Å²) in [6, 6.07) is 6.50. The van der Waals surface area contributed by atoms with E-state index >= 15 is 0 Å². The molecule has 1 N–H and O–H groups in total. The number of nitrogens with zero attached hydrogens (tertiary/aromatic N) is 7. The second-order valence-electron chi connectivity index (χ2n) is 8.65. The molecule has 0 radical (unpaired) electrons. The number of nitrogens with one attached hydrogen (secondary N) is 1. The number of aromatic nitrogens is 4. The minimum Gasteiger partial charge on any atom is -0.353 e. The fraction of sp³-hybridized carbons (Fsp3) is 0.455. The molecule has 0 bridgehead atoms. The predicted molar refractivity (Wildman–Crippen MR) is 128 cm³/mol. The van der Waals surface area contributed by atoms with Gasteiger partial charge in [0.2, 0.25) is 15.9 Å². The minimum atomic E-state index is -3.52. The first-order valence-corrected chi connectivity index (χ1v) is 12.9. The molecule has 1 amide bonds. The third kappa shape index (κ3) is 4.48. The van der Waals surface area contributed by atoms with Crippen molar-refractivity contribution in [3.05, 3.63) is 36.8 Å². The molecule has 0 saturated carbocycles. The largest absolute Gasteiger partial charge is 0.353 e. The molecule has 4 heterocycles. The van der Waals surface area contributed by atoms with E-state index < -0.39 is 10.0 Å². The Morgan fingerprint density at radius 3 is 2.59 bits per heavy atom. The Hall–Kier alpha value is -3.09. The van der Waals surface area contributed by atoms with Gasteiger partial charge in [0.15, 0.2) is 5.65 Å². The van der Waals surface area contributed by atoms with Gasteiger partial charge >= 0.3 is 0 Å². The van der Waals surface area contributed by atoms with Crippen LogP contribution >= 0.6 is 0 Å². The molecule has 2 aliphatic heterocycles. The summed E-state index contributed by atoms with van der Waals surface area (Å²) >= 11 is 0. The lowest BCUT2D eigenvalue weighted by atomic mass is 10.2. The van der Waals surface area contributed by atoms with Crippen molar-refractivity contribution in [3.63, 3.8) is 0 Å². The van der Waals surface area contributed by atoms with E-state index in [1.165, 1.54) is 10.4 Å². The molecular formula is C22H28N8O3S. The molecular weight excluding hydrogens is 456 g/mol. The van der Waals surface area contributed by atoms with Gasteiger partial charge in [0, 0.05) is 52.0 Å². The zero-order valence-corrected chi connectivity index (χ0v) is 19.9. The highest BCUT2D eigenvalue weighted by atomic mass is 32.2. The summed E-state index contributed by atoms with van der Waals surface area (Å²) < 4.78 is 28.8. The molecule has 34 heavy (non-hydrogen) atoms. The Morgan fingerprint density at radius 1 is 1.06 bits per heavy atom. The van der Waals surface area contributed by atoms with Crippen molar-refractivity contribution < 1.29 is 13.2 Å². The van der Waals surface area contributed by atoms with Crippen molar-refractivity contribution in [1.82, 2.24) is 29.0 Å². The van der Waals surface area contributed by atoms with Gasteiger partial charge < -0.3 is 10.2 Å². The Kier molecular flexibility index (Phi) is 6.19. The molecule has 2 aromatic heterocycles. The van der Waals surface area contributed by atoms with Crippen molar-refractivity contribution in [3.8, 4) is 0 Å². The SMILES string of the molecule is Cn1ncc2c(N3CCN(CC(=O)Nc4cccc(S(=O)(=O)N5CCCC5)c4)CC3)ncnc21. The van der Waals surface area contributed by atoms with E-state index in [1.54, 1.807) is 35.4 Å². The molecule has 0 unspecified atom stereocenters. The summed E-state index contributed by atoms with van der Waals surface area (Å²) in [7, 11) is -1.67. The quantitative estimate of drug-likeness (QED) is 0.549. The first kappa shape index (κ1) is 22.7. The molecule has 2 aliphatic rings. The fourth-order valence-electron chi connectivity index (χ4n) is 4.53. The standard InChI is InChI=1S/C22H28N8O3S/c1-27-21-19(14-25-27)22(24-16-23-21)29-11-9-28(10-12-29)15-20(31)26-17-5-4-6-18(13-17)34(32,33)30-7-2-3-8-30/h4-6,13-14,16H,2-3,7-12,15H2,1H3,(H,26,31). The zero-order chi connectivity index (χ0) is 23.7. The molecule has 0 aliphatic carbocycles. The second-order valence-corrected chi connectivity index (χ2v) is 10.6. The van der Waals surface area contributed by atoms with Crippen LogP contribution in [0, 0.1) is 0 Å². The van der Waals surface area contributed by atoms with E-state index in [4.69, 9.17) is 0 Å². The van der Waals surface area contributed by atoms with Gasteiger partial charge in [0.25, 0.3) is 0 Å². The lowest BCUT2D eigenvalue weighted by molar-refractivity contribution is -0.117. The molecule has 180 valence electrons. The third-order valence-electron chi connectivity index (χ3n) is 6.37. The second kappa shape index (κ2) is 9.28. The maximum absolute atomic E-state index is 12.8. The molecule has 2 fully saturated rings. The number of aryl methyl sites for hydroxylation is 1. The van der Waals surface area contributed by atoms with Crippen LogP contribution in [0.5, 0.6) is 0 Å². The smallest absolute Gasteiger partial charge is 0.243 e. The summed E-state index contributed by atoms with van der Waals surface area (Å²) in [5.74, 6) is 0.694. The van der Waals surface area contributed by atoms with Gasteiger partial charge in [-0.3, -0.25) is 14.4 Å². The first-order valence-electron chi connectivity index (χ1n) is 11.4. The van der Waals surface area contributed by atoms with Crippen molar-refractivity contribution in [2.45, 2.75) is 17.7 Å². The van der Waals surface area contributed by atoms with E-state index in [0.717, 1.165) is 42.8 Å². The average Bonchev–Trinajstić information content (AvgIpc) is 3.51. The van der Waals surface area contributed by atoms with E-state index in [1.807, 2.05) is 7.05 Å². The van der Waals surface area contributed by atoms with Gasteiger partial charge in [0.1, 0.15) is 12.1 Å². The first-order chi connectivity index (χ1) is 16.4. The van der Waals surface area contributed by atoms with Gasteiger partial charge in [-0.15, -0.1) is 0 Å². The average molecular weight is 485 g/mol. The molecule has 1 aromatic carbocycles. The van der Waals surface area contributed by atoms with Gasteiger partial charge in [-0.1, -0.05) is 6.07 Å². The van der Waals surface area contributed by atoms with Crippen LogP contribution in [0.2, 0.25) is 0 Å². The zero-order valence-electron chi connectivity index (χ0n) is 19.1. The van der Waals surface area contributed by atoms with Crippen LogP contribution in [0.1, 0.15) is 12.8 Å². The molecule has 12 heteroatoms. The lowest BCUT2D eigenvalue weighted by Gasteiger charge is -2.35. The van der Waals surface area contributed by atoms with Gasteiger partial charge in [-0.25, -0.2) is 18.4 Å². The van der Waals surface area contributed by atoms with Crippen molar-refractivity contribution >= 4 is 38.5 Å². The maximum atomic E-state index is 12.8. The number of piperazine rings is 1. The number of sulfonamides is 1. The van der Waals surface area contributed by atoms with Gasteiger partial charge in [0.05, 0.1) is 23.0 Å². The maximum Gasteiger partial charge on any atom is 0.243 e. The number of anilines is 2. The highest BCUT2D eigenvalue weighted by molar-refractivity contribution is 7.89. The van der Waals surface area contributed by atoms with Crippen LogP contribution in [0.25, 0.3) is 11.0 Å². The summed E-state index contributed by atoms with van der Waals surface area (Å²) in [6.45, 7) is 4.22. The normalized spacial score (nSPS) is 18.0. The van der Waals surface area contributed by atoms with Crippen LogP contribution in [0.15, 0.2) is 41.7 Å². The molecule has 3 aromatic rings. The van der Waals surface area contributed by atoms with Crippen LogP contribution in [0.3, 0.4) is 0 Å². The highest BCUT2D eigenvalue weighted by Gasteiger charge is 2.27. The number of benzene rings is 1. The summed E-state index contributed by atoms with van der Waals surface area (Å²) in [6.07, 6.45) is 5.10. The van der Waals surface area contributed by atoms with Gasteiger partial charge in [-0.05, 0) is 31.0 Å². The molecule has 2 saturated heterocycles. The number of carbonyl (C=O) groups is 1. The summed E-state index contributed by atoms with van der Waals surface area (Å²) in [4.78, 5) is 25.9. The van der Waals surface area contributed by atoms with Crippen molar-refractivity contribution in [2.24, 2.45) is 7.05 Å². The van der Waals surface area contributed by atoms with E-state index in [2.05, 4.69) is 30.2 Å². The van der Waals surface area contributed by atoms with Gasteiger partial charge in [-0.2, -0.15) is 9.40 Å².